The van der Waals surface area contributed by atoms with E-state index in [2.05, 4.69) is 11.9 Å². The molecule has 1 fully saturated rings. The summed E-state index contributed by atoms with van der Waals surface area (Å²) in [4.78, 5) is 18.4. The Kier molecular flexibility index (Phi) is 3.81. The van der Waals surface area contributed by atoms with E-state index < -0.39 is 0 Å². The molecule has 1 aliphatic rings. The summed E-state index contributed by atoms with van der Waals surface area (Å²) in [6.07, 6.45) is 2.62. The van der Waals surface area contributed by atoms with Gasteiger partial charge < -0.3 is 15.4 Å². The summed E-state index contributed by atoms with van der Waals surface area (Å²) < 4.78 is 5.56. The molecule has 18 heavy (non-hydrogen) atoms. The molecule has 2 N–H and O–H groups in total. The smallest absolute Gasteiger partial charge is 0.255 e. The number of aromatic nitrogens is 1. The lowest BCUT2D eigenvalue weighted by molar-refractivity contribution is -0.0226. The van der Waals surface area contributed by atoms with Crippen molar-refractivity contribution in [1.82, 2.24) is 9.88 Å². The van der Waals surface area contributed by atoms with Crippen molar-refractivity contribution in [2.45, 2.75) is 26.4 Å². The zero-order chi connectivity index (χ0) is 13.1. The van der Waals surface area contributed by atoms with Crippen LogP contribution in [0, 0.1) is 6.92 Å². The lowest BCUT2D eigenvalue weighted by atomic mass is 10.1. The first-order chi connectivity index (χ1) is 8.61. The molecule has 1 unspecified atom stereocenters. The summed E-state index contributed by atoms with van der Waals surface area (Å²) in [6, 6.07) is 1.70. The molecule has 0 bridgehead atoms. The first-order valence-electron chi connectivity index (χ1n) is 6.24. The minimum atomic E-state index is -0.00551. The Morgan fingerprint density at radius 3 is 3.17 bits per heavy atom. The molecular formula is C13H19N3O2. The van der Waals surface area contributed by atoms with Crippen molar-refractivity contribution in [3.05, 3.63) is 23.5 Å². The number of rotatable bonds is 2. The number of hydrogen-bond donors (Lipinski definition) is 1. The van der Waals surface area contributed by atoms with Gasteiger partial charge in [-0.05, 0) is 19.4 Å². The molecule has 0 spiro atoms. The van der Waals surface area contributed by atoms with Crippen LogP contribution in [-0.2, 0) is 4.74 Å². The fourth-order valence-corrected chi connectivity index (χ4v) is 2.09. The monoisotopic (exact) mass is 249 g/mol. The van der Waals surface area contributed by atoms with Crippen molar-refractivity contribution >= 4 is 11.6 Å². The van der Waals surface area contributed by atoms with Crippen LogP contribution < -0.4 is 5.73 Å². The highest BCUT2D eigenvalue weighted by Crippen LogP contribution is 2.16. The van der Waals surface area contributed by atoms with Gasteiger partial charge >= 0.3 is 0 Å². The van der Waals surface area contributed by atoms with Gasteiger partial charge in [0, 0.05) is 13.1 Å². The van der Waals surface area contributed by atoms with Crippen LogP contribution in [0.1, 0.15) is 29.4 Å². The average Bonchev–Trinajstić information content (AvgIpc) is 2.41. The number of amides is 1. The predicted molar refractivity (Wildman–Crippen MR) is 69.3 cm³/mol. The standard InChI is InChI=1S/C13H19N3O2/c1-3-11-8-16(4-5-18-11)13(17)12-6-10(14)7-15-9(12)2/h6-7,11H,3-5,8,14H2,1-2H3. The fourth-order valence-electron chi connectivity index (χ4n) is 2.09. The third-order valence-corrected chi connectivity index (χ3v) is 3.22. The van der Waals surface area contributed by atoms with Crippen molar-refractivity contribution in [3.8, 4) is 0 Å². The molecule has 98 valence electrons. The molecule has 5 heteroatoms. The van der Waals surface area contributed by atoms with Crippen LogP contribution in [0.2, 0.25) is 0 Å². The topological polar surface area (TPSA) is 68.5 Å². The average molecular weight is 249 g/mol. The van der Waals surface area contributed by atoms with Crippen molar-refractivity contribution < 1.29 is 9.53 Å². The molecule has 0 saturated carbocycles. The molecule has 0 aromatic carbocycles. The first-order valence-corrected chi connectivity index (χ1v) is 6.24. The van der Waals surface area contributed by atoms with Gasteiger partial charge in [0.2, 0.25) is 0 Å². The molecule has 0 radical (unpaired) electrons. The zero-order valence-corrected chi connectivity index (χ0v) is 10.8. The summed E-state index contributed by atoms with van der Waals surface area (Å²) in [5.41, 5.74) is 7.51. The van der Waals surface area contributed by atoms with E-state index in [4.69, 9.17) is 10.5 Å². The maximum Gasteiger partial charge on any atom is 0.255 e. The Morgan fingerprint density at radius 1 is 1.67 bits per heavy atom. The number of nitrogen functional groups attached to an aromatic ring is 1. The van der Waals surface area contributed by atoms with Crippen LogP contribution in [-0.4, -0.2) is 41.6 Å². The van der Waals surface area contributed by atoms with Gasteiger partial charge in [-0.25, -0.2) is 0 Å². The quantitative estimate of drug-likeness (QED) is 0.855. The molecule has 1 amide bonds. The van der Waals surface area contributed by atoms with Gasteiger partial charge in [-0.15, -0.1) is 0 Å². The lowest BCUT2D eigenvalue weighted by Crippen LogP contribution is -2.45. The number of morpholine rings is 1. The van der Waals surface area contributed by atoms with Gasteiger partial charge in [0.25, 0.3) is 5.91 Å². The van der Waals surface area contributed by atoms with Crippen LogP contribution in [0.3, 0.4) is 0 Å². The lowest BCUT2D eigenvalue weighted by Gasteiger charge is -2.32. The van der Waals surface area contributed by atoms with Gasteiger partial charge in [-0.2, -0.15) is 0 Å². The van der Waals surface area contributed by atoms with Gasteiger partial charge in [-0.3, -0.25) is 9.78 Å². The van der Waals surface area contributed by atoms with Crippen LogP contribution in [0.4, 0.5) is 5.69 Å². The van der Waals surface area contributed by atoms with Crippen molar-refractivity contribution in [2.75, 3.05) is 25.4 Å². The largest absolute Gasteiger partial charge is 0.397 e. The van der Waals surface area contributed by atoms with Crippen molar-refractivity contribution in [1.29, 1.82) is 0 Å². The second-order valence-corrected chi connectivity index (χ2v) is 4.55. The summed E-state index contributed by atoms with van der Waals surface area (Å²) in [5, 5.41) is 0. The summed E-state index contributed by atoms with van der Waals surface area (Å²) in [6.45, 7) is 5.75. The molecule has 1 atom stereocenters. The van der Waals surface area contributed by atoms with E-state index >= 15 is 0 Å². The summed E-state index contributed by atoms with van der Waals surface area (Å²) in [7, 11) is 0. The number of hydrogen-bond acceptors (Lipinski definition) is 4. The highest BCUT2D eigenvalue weighted by atomic mass is 16.5. The Hall–Kier alpha value is -1.62. The maximum absolute atomic E-state index is 12.4. The molecule has 2 rings (SSSR count). The van der Waals surface area contributed by atoms with Crippen LogP contribution in [0.15, 0.2) is 12.3 Å². The molecule has 1 saturated heterocycles. The van der Waals surface area contributed by atoms with Crippen LogP contribution >= 0.6 is 0 Å². The fraction of sp³-hybridized carbons (Fsp3) is 0.538. The normalized spacial score (nSPS) is 19.9. The number of ether oxygens (including phenoxy) is 1. The van der Waals surface area contributed by atoms with Crippen LogP contribution in [0.5, 0.6) is 0 Å². The SMILES string of the molecule is CCC1CN(C(=O)c2cc(N)cnc2C)CCO1. The Labute approximate surface area is 107 Å². The second kappa shape index (κ2) is 5.35. The maximum atomic E-state index is 12.4. The summed E-state index contributed by atoms with van der Waals surface area (Å²) >= 11 is 0. The molecule has 1 aromatic rings. The minimum absolute atomic E-state index is 0.00551. The van der Waals surface area contributed by atoms with Crippen molar-refractivity contribution in [2.24, 2.45) is 0 Å². The van der Waals surface area contributed by atoms with E-state index in [1.807, 2.05) is 11.8 Å². The van der Waals surface area contributed by atoms with Crippen LogP contribution in [0.25, 0.3) is 0 Å². The molecule has 1 aliphatic heterocycles. The number of aryl methyl sites for hydroxylation is 1. The number of carbonyl (C=O) groups excluding carboxylic acids is 1. The second-order valence-electron chi connectivity index (χ2n) is 4.55. The molecule has 0 aliphatic carbocycles. The number of anilines is 1. The minimum Gasteiger partial charge on any atom is -0.397 e. The Bertz CT molecular complexity index is 448. The number of nitrogens with two attached hydrogens (primary N) is 1. The highest BCUT2D eigenvalue weighted by Gasteiger charge is 2.25. The number of carbonyl (C=O) groups is 1. The third-order valence-electron chi connectivity index (χ3n) is 3.22. The number of pyridine rings is 1. The van der Waals surface area contributed by atoms with Gasteiger partial charge in [0.05, 0.1) is 35.9 Å². The van der Waals surface area contributed by atoms with Crippen molar-refractivity contribution in [3.63, 3.8) is 0 Å². The van der Waals surface area contributed by atoms with E-state index in [1.54, 1.807) is 12.3 Å². The molecule has 2 heterocycles. The Balaban J connectivity index is 2.17. The number of nitrogens with zero attached hydrogens (tertiary/aromatic N) is 2. The molecule has 1 aromatic heterocycles. The highest BCUT2D eigenvalue weighted by molar-refractivity contribution is 5.96. The van der Waals surface area contributed by atoms with E-state index in [1.165, 1.54) is 0 Å². The van der Waals surface area contributed by atoms with E-state index in [0.717, 1.165) is 6.42 Å². The van der Waals surface area contributed by atoms with Gasteiger partial charge in [0.1, 0.15) is 0 Å². The first kappa shape index (κ1) is 12.8. The third kappa shape index (κ3) is 2.61. The van der Waals surface area contributed by atoms with Gasteiger partial charge in [0.15, 0.2) is 0 Å². The van der Waals surface area contributed by atoms with E-state index in [0.29, 0.717) is 36.6 Å². The van der Waals surface area contributed by atoms with E-state index in [9.17, 15) is 4.79 Å². The van der Waals surface area contributed by atoms with Gasteiger partial charge in [-0.1, -0.05) is 6.92 Å². The summed E-state index contributed by atoms with van der Waals surface area (Å²) in [5.74, 6) is -0.00551. The zero-order valence-electron chi connectivity index (χ0n) is 10.8. The van der Waals surface area contributed by atoms with E-state index in [-0.39, 0.29) is 12.0 Å². The molecule has 5 nitrogen and oxygen atoms in total. The predicted octanol–water partition coefficient (Wildman–Crippen LogP) is 1.22. The molecular weight excluding hydrogens is 230 g/mol. The Morgan fingerprint density at radius 2 is 2.44 bits per heavy atom.